The molecule has 1 aromatic heterocycles. The molecule has 6 nitrogen and oxygen atoms in total. The van der Waals surface area contributed by atoms with E-state index in [1.807, 2.05) is 31.0 Å². The maximum atomic E-state index is 6.45. The summed E-state index contributed by atoms with van der Waals surface area (Å²) in [6.07, 6.45) is 7.58. The minimum absolute atomic E-state index is 0. The molecule has 2 heterocycles. The fourth-order valence-corrected chi connectivity index (χ4v) is 4.18. The number of halogens is 1. The molecule has 0 radical (unpaired) electrons. The van der Waals surface area contributed by atoms with Crippen LogP contribution >= 0.6 is 24.0 Å². The average molecular weight is 481 g/mol. The Labute approximate surface area is 177 Å². The molecular weight excluding hydrogens is 453 g/mol. The molecule has 1 spiro atoms. The van der Waals surface area contributed by atoms with Crippen molar-refractivity contribution in [2.24, 2.45) is 12.0 Å². The molecule has 0 bridgehead atoms. The Balaban J connectivity index is 0.00000210. The van der Waals surface area contributed by atoms with E-state index in [0.717, 1.165) is 36.7 Å². The van der Waals surface area contributed by atoms with Gasteiger partial charge < -0.3 is 15.4 Å². The first-order chi connectivity index (χ1) is 12.7. The molecule has 1 aromatic carbocycles. The molecule has 27 heavy (non-hydrogen) atoms. The molecule has 0 saturated heterocycles. The lowest BCUT2D eigenvalue weighted by atomic mass is 9.86. The van der Waals surface area contributed by atoms with Gasteiger partial charge >= 0.3 is 0 Å². The van der Waals surface area contributed by atoms with Crippen molar-refractivity contribution in [3.8, 4) is 5.75 Å². The standard InChI is InChI=1S/C20H27N5O.HI/c1-21-19(22-14-15-9-12-23-25(15)2)24-17-13-20(10-5-6-11-20)26-18-8-4-3-7-16(17)18;/h3-4,7-9,12,17H,5-6,10-11,13-14H2,1-2H3,(H2,21,22,24);1H. The van der Waals surface area contributed by atoms with Crippen LogP contribution in [0.15, 0.2) is 41.5 Å². The lowest BCUT2D eigenvalue weighted by Gasteiger charge is -2.40. The zero-order valence-electron chi connectivity index (χ0n) is 15.9. The summed E-state index contributed by atoms with van der Waals surface area (Å²) in [7, 11) is 3.76. The van der Waals surface area contributed by atoms with E-state index in [4.69, 9.17) is 4.74 Å². The van der Waals surface area contributed by atoms with Crippen molar-refractivity contribution < 1.29 is 4.74 Å². The minimum Gasteiger partial charge on any atom is -0.487 e. The maximum absolute atomic E-state index is 6.45. The van der Waals surface area contributed by atoms with Gasteiger partial charge in [0.25, 0.3) is 0 Å². The van der Waals surface area contributed by atoms with Crippen LogP contribution in [0.1, 0.15) is 49.4 Å². The fraction of sp³-hybridized carbons (Fsp3) is 0.500. The van der Waals surface area contributed by atoms with Crippen molar-refractivity contribution in [2.45, 2.75) is 50.3 Å². The predicted molar refractivity (Wildman–Crippen MR) is 118 cm³/mol. The van der Waals surface area contributed by atoms with Crippen LogP contribution in [0.25, 0.3) is 0 Å². The second-order valence-corrected chi connectivity index (χ2v) is 7.30. The number of benzene rings is 1. The summed E-state index contributed by atoms with van der Waals surface area (Å²) < 4.78 is 8.32. The zero-order chi connectivity index (χ0) is 18.0. The molecule has 7 heteroatoms. The zero-order valence-corrected chi connectivity index (χ0v) is 18.3. The quantitative estimate of drug-likeness (QED) is 0.400. The highest BCUT2D eigenvalue weighted by molar-refractivity contribution is 14.0. The molecule has 146 valence electrons. The number of para-hydroxylation sites is 1. The molecule has 0 amide bonds. The fourth-order valence-electron chi connectivity index (χ4n) is 4.18. The number of guanidine groups is 1. The van der Waals surface area contributed by atoms with E-state index in [0.29, 0.717) is 6.54 Å². The smallest absolute Gasteiger partial charge is 0.191 e. The lowest BCUT2D eigenvalue weighted by Crippen LogP contribution is -2.46. The molecule has 2 aliphatic rings. The summed E-state index contributed by atoms with van der Waals surface area (Å²) in [5.41, 5.74) is 2.31. The van der Waals surface area contributed by atoms with Crippen molar-refractivity contribution in [1.29, 1.82) is 0 Å². The van der Waals surface area contributed by atoms with Crippen LogP contribution < -0.4 is 15.4 Å². The summed E-state index contributed by atoms with van der Waals surface area (Å²) in [4.78, 5) is 4.42. The van der Waals surface area contributed by atoms with Crippen LogP contribution in [0.2, 0.25) is 0 Å². The highest BCUT2D eigenvalue weighted by atomic mass is 127. The molecule has 2 aromatic rings. The van der Waals surface area contributed by atoms with Crippen LogP contribution in [0, 0.1) is 0 Å². The van der Waals surface area contributed by atoms with E-state index in [-0.39, 0.29) is 35.6 Å². The number of ether oxygens (including phenoxy) is 1. The first-order valence-corrected chi connectivity index (χ1v) is 9.41. The highest BCUT2D eigenvalue weighted by Gasteiger charge is 2.43. The van der Waals surface area contributed by atoms with Gasteiger partial charge in [0.2, 0.25) is 0 Å². The van der Waals surface area contributed by atoms with Gasteiger partial charge in [-0.15, -0.1) is 24.0 Å². The van der Waals surface area contributed by atoms with E-state index < -0.39 is 0 Å². The molecule has 1 saturated carbocycles. The maximum Gasteiger partial charge on any atom is 0.191 e. The molecule has 1 unspecified atom stereocenters. The van der Waals surface area contributed by atoms with Crippen LogP contribution in [0.4, 0.5) is 0 Å². The van der Waals surface area contributed by atoms with Gasteiger partial charge in [0.05, 0.1) is 18.3 Å². The summed E-state index contributed by atoms with van der Waals surface area (Å²) in [5.74, 6) is 1.82. The van der Waals surface area contributed by atoms with Crippen LogP contribution in [0.5, 0.6) is 5.75 Å². The number of aliphatic imine (C=N–C) groups is 1. The Kier molecular flexibility index (Phi) is 6.29. The van der Waals surface area contributed by atoms with Gasteiger partial charge in [-0.2, -0.15) is 5.10 Å². The van der Waals surface area contributed by atoms with Crippen molar-refractivity contribution in [2.75, 3.05) is 7.05 Å². The number of aromatic nitrogens is 2. The Morgan fingerprint density at radius 3 is 2.78 bits per heavy atom. The largest absolute Gasteiger partial charge is 0.487 e. The Hall–Kier alpha value is -1.77. The van der Waals surface area contributed by atoms with Crippen LogP contribution in [0.3, 0.4) is 0 Å². The average Bonchev–Trinajstić information content (AvgIpc) is 3.27. The number of fused-ring (bicyclic) bond motifs is 1. The number of nitrogens with zero attached hydrogens (tertiary/aromatic N) is 3. The third kappa shape index (κ3) is 4.23. The highest BCUT2D eigenvalue weighted by Crippen LogP contribution is 2.46. The van der Waals surface area contributed by atoms with Gasteiger partial charge in [0.15, 0.2) is 5.96 Å². The topological polar surface area (TPSA) is 63.5 Å². The van der Waals surface area contributed by atoms with E-state index in [9.17, 15) is 0 Å². The SMILES string of the molecule is CN=C(NCc1ccnn1C)NC1CC2(CCCC2)Oc2ccccc21.I. The molecule has 1 aliphatic carbocycles. The third-order valence-electron chi connectivity index (χ3n) is 5.61. The molecule has 1 fully saturated rings. The monoisotopic (exact) mass is 481 g/mol. The molecule has 1 aliphatic heterocycles. The number of hydrogen-bond donors (Lipinski definition) is 2. The first kappa shape index (κ1) is 20.0. The second-order valence-electron chi connectivity index (χ2n) is 7.30. The lowest BCUT2D eigenvalue weighted by molar-refractivity contribution is 0.0396. The molecule has 2 N–H and O–H groups in total. The minimum atomic E-state index is -0.0209. The third-order valence-corrected chi connectivity index (χ3v) is 5.61. The Morgan fingerprint density at radius 2 is 2.07 bits per heavy atom. The molecule has 1 atom stereocenters. The van der Waals surface area contributed by atoms with E-state index >= 15 is 0 Å². The molecule has 4 rings (SSSR count). The Bertz CT molecular complexity index is 797. The summed E-state index contributed by atoms with van der Waals surface area (Å²) in [6.45, 7) is 0.687. The Morgan fingerprint density at radius 1 is 1.30 bits per heavy atom. The van der Waals surface area contributed by atoms with Crippen LogP contribution in [-0.4, -0.2) is 28.4 Å². The summed E-state index contributed by atoms with van der Waals surface area (Å²) in [5, 5.41) is 11.2. The number of nitrogens with one attached hydrogen (secondary N) is 2. The van der Waals surface area contributed by atoms with Crippen molar-refractivity contribution >= 4 is 29.9 Å². The number of hydrogen-bond acceptors (Lipinski definition) is 3. The number of aryl methyl sites for hydroxylation is 1. The van der Waals surface area contributed by atoms with Crippen molar-refractivity contribution in [3.05, 3.63) is 47.8 Å². The van der Waals surface area contributed by atoms with Gasteiger partial charge in [-0.05, 0) is 37.8 Å². The van der Waals surface area contributed by atoms with Crippen LogP contribution in [-0.2, 0) is 13.6 Å². The van der Waals surface area contributed by atoms with Gasteiger partial charge in [0.1, 0.15) is 11.4 Å². The van der Waals surface area contributed by atoms with E-state index in [1.165, 1.54) is 18.4 Å². The van der Waals surface area contributed by atoms with Gasteiger partial charge in [-0.3, -0.25) is 9.67 Å². The predicted octanol–water partition coefficient (Wildman–Crippen LogP) is 3.54. The number of rotatable bonds is 3. The van der Waals surface area contributed by atoms with Gasteiger partial charge in [-0.25, -0.2) is 0 Å². The van der Waals surface area contributed by atoms with Gasteiger partial charge in [0, 0.05) is 32.3 Å². The normalized spacial score (nSPS) is 20.5. The van der Waals surface area contributed by atoms with E-state index in [2.05, 4.69) is 45.0 Å². The second kappa shape index (κ2) is 8.50. The van der Waals surface area contributed by atoms with Crippen molar-refractivity contribution in [3.63, 3.8) is 0 Å². The first-order valence-electron chi connectivity index (χ1n) is 9.41. The molecular formula is C20H28IN5O. The van der Waals surface area contributed by atoms with Crippen molar-refractivity contribution in [1.82, 2.24) is 20.4 Å². The summed E-state index contributed by atoms with van der Waals surface area (Å²) in [6, 6.07) is 10.6. The summed E-state index contributed by atoms with van der Waals surface area (Å²) >= 11 is 0. The van der Waals surface area contributed by atoms with Gasteiger partial charge in [-0.1, -0.05) is 18.2 Å². The van der Waals surface area contributed by atoms with E-state index in [1.54, 1.807) is 0 Å².